The average molecular weight is 1270 g/mol. The number of hydrogen-bond donors (Lipinski definition) is 4. The molecule has 2 saturated heterocycles. The van der Waals surface area contributed by atoms with Crippen LogP contribution >= 0.6 is 0 Å². The number of ketones is 2. The van der Waals surface area contributed by atoms with E-state index in [2.05, 4.69) is 26.3 Å². The molecule has 4 aliphatic rings. The molecule has 0 unspecified atom stereocenters. The van der Waals surface area contributed by atoms with Crippen LogP contribution in [0.3, 0.4) is 0 Å². The number of anilines is 4. The number of aryl methyl sites for hydroxylation is 7. The third kappa shape index (κ3) is 14.7. The number of fused-ring (bicyclic) bond motifs is 4. The number of carbonyl (C=O) groups excluding carboxylic acids is 8. The standard InChI is InChI=1S/C37H41N5O5.C36H38N6O5/c1-23-17-31-26(11-14-30-7-5-15-42(30)37(31)46)19-34(23)47-16-6-8-35(44)38-29-20-33(41(4)22-29)36(45)39-28-12-9-25(10-13-28)27-18-32(24(2)43)40(3)21-27;1-22-15-29-30(37-19-28-7-5-13-42(28)36(29)46)18-33(22)47-14-6-8-34(44)38-27-17-32(41(4)21-27)35(45)39-26-11-9-24(10-12-26)25-16-31(23(2)43)40(3)20-25/h9-10,12-13,17-22,30H,5-8,11,14-16H2,1-4H3,(H,38,44)(H,39,45);9-12,15-21,28H,5-8,13-14H2,1-4H3,(H,38,44)(H,39,45)/t30-;28-/m00/s1. The number of nitrogens with zero attached hydrogens (tertiary/aromatic N) is 7. The molecule has 0 saturated carbocycles. The largest absolute Gasteiger partial charge is 0.493 e. The van der Waals surface area contributed by atoms with Gasteiger partial charge in [0.25, 0.3) is 23.6 Å². The molecule has 4 N–H and O–H groups in total. The van der Waals surface area contributed by atoms with Gasteiger partial charge in [0, 0.05) is 139 Å². The first kappa shape index (κ1) is 64.9. The van der Waals surface area contributed by atoms with E-state index in [4.69, 9.17) is 9.47 Å². The van der Waals surface area contributed by atoms with E-state index in [-0.39, 0.29) is 65.9 Å². The van der Waals surface area contributed by atoms with Gasteiger partial charge in [-0.3, -0.25) is 43.3 Å². The summed E-state index contributed by atoms with van der Waals surface area (Å²) >= 11 is 0. The zero-order valence-electron chi connectivity index (χ0n) is 54.4. The highest BCUT2D eigenvalue weighted by molar-refractivity contribution is 6.06. The van der Waals surface area contributed by atoms with E-state index in [0.29, 0.717) is 94.6 Å². The number of aliphatic imine (C=N–C) groups is 1. The zero-order valence-corrected chi connectivity index (χ0v) is 54.4. The summed E-state index contributed by atoms with van der Waals surface area (Å²) in [5.74, 6) is 0.583. The molecule has 0 aliphatic carbocycles. The number of rotatable bonds is 20. The quantitative estimate of drug-likeness (QED) is 0.0415. The van der Waals surface area contributed by atoms with Crippen LogP contribution in [0.4, 0.5) is 28.4 Å². The van der Waals surface area contributed by atoms with Crippen LogP contribution in [-0.4, -0.2) is 120 Å². The Morgan fingerprint density at radius 3 is 1.48 bits per heavy atom. The first-order valence-corrected chi connectivity index (χ1v) is 31.9. The molecule has 12 rings (SSSR count). The van der Waals surface area contributed by atoms with E-state index in [1.807, 2.05) is 135 Å². The van der Waals surface area contributed by atoms with Crippen LogP contribution in [0.25, 0.3) is 22.3 Å². The van der Waals surface area contributed by atoms with Crippen LogP contribution < -0.4 is 30.7 Å². The van der Waals surface area contributed by atoms with Crippen molar-refractivity contribution >= 4 is 81.7 Å². The molecule has 94 heavy (non-hydrogen) atoms. The summed E-state index contributed by atoms with van der Waals surface area (Å²) in [7, 11) is 7.17. The number of benzene rings is 4. The van der Waals surface area contributed by atoms with Crippen molar-refractivity contribution < 1.29 is 47.8 Å². The molecule has 21 heteroatoms. The second kappa shape index (κ2) is 28.1. The molecule has 2 fully saturated rings. The number of ether oxygens (including phenoxy) is 2. The number of hydrogen-bond acceptors (Lipinski definition) is 11. The normalized spacial score (nSPS) is 15.4. The van der Waals surface area contributed by atoms with E-state index in [0.717, 1.165) is 102 Å². The minimum atomic E-state index is -0.310. The van der Waals surface area contributed by atoms with Crippen LogP contribution in [0.15, 0.2) is 127 Å². The van der Waals surface area contributed by atoms with Crippen molar-refractivity contribution in [1.82, 2.24) is 28.1 Å². The predicted octanol–water partition coefficient (Wildman–Crippen LogP) is 12.1. The molecule has 6 amide bonds. The molecule has 8 heterocycles. The minimum absolute atomic E-state index is 0.00143. The lowest BCUT2D eigenvalue weighted by Crippen LogP contribution is -2.35. The SMILES string of the molecule is CC(=O)c1cc(-c2ccc(NC(=O)c3cc(NC(=O)CCCOc4cc5c(cc4C)C(=O)N4CCC[C@H]4C=N5)cn3C)cc2)cn1C.CC(=O)c1cc(-c2ccc(NC(=O)c3cc(NC(=O)CCCOc4cc5c(cc4C)C(=O)N4CCC[C@H]4CC5)cn3C)cc2)cn1C. The highest BCUT2D eigenvalue weighted by atomic mass is 16.5. The first-order chi connectivity index (χ1) is 45.1. The van der Waals surface area contributed by atoms with Gasteiger partial charge in [0.05, 0.1) is 53.3 Å². The van der Waals surface area contributed by atoms with Gasteiger partial charge in [-0.05, 0) is 160 Å². The Morgan fingerprint density at radius 2 is 0.968 bits per heavy atom. The maximum absolute atomic E-state index is 13.1. The van der Waals surface area contributed by atoms with Crippen LogP contribution in [0, 0.1) is 13.8 Å². The Bertz CT molecular complexity index is 4300. The van der Waals surface area contributed by atoms with Gasteiger partial charge in [0.1, 0.15) is 22.9 Å². The van der Waals surface area contributed by atoms with Gasteiger partial charge in [-0.25, -0.2) is 0 Å². The van der Waals surface area contributed by atoms with E-state index in [1.165, 1.54) is 6.92 Å². The van der Waals surface area contributed by atoms with Gasteiger partial charge in [-0.15, -0.1) is 0 Å². The molecule has 0 spiro atoms. The molecular weight excluding hydrogens is 1190 g/mol. The Kier molecular flexibility index (Phi) is 19.4. The monoisotopic (exact) mass is 1270 g/mol. The summed E-state index contributed by atoms with van der Waals surface area (Å²) in [4.78, 5) is 110. The molecule has 0 bridgehead atoms. The molecule has 4 aliphatic heterocycles. The zero-order chi connectivity index (χ0) is 66.5. The van der Waals surface area contributed by atoms with Crippen molar-refractivity contribution in [3.63, 3.8) is 0 Å². The van der Waals surface area contributed by atoms with Crippen LogP contribution in [0.5, 0.6) is 11.5 Å². The summed E-state index contributed by atoms with van der Waals surface area (Å²) < 4.78 is 19.0. The second-order valence-corrected chi connectivity index (χ2v) is 24.8. The van der Waals surface area contributed by atoms with Gasteiger partial charge in [0.15, 0.2) is 11.6 Å². The number of amides is 6. The Balaban J connectivity index is 0.000000192. The number of Topliss-reactive ketones (excluding diaryl/α,β-unsaturated/α-hetero) is 2. The van der Waals surface area contributed by atoms with E-state index in [9.17, 15) is 38.4 Å². The average Bonchev–Trinajstić information content (AvgIpc) is 1.61. The summed E-state index contributed by atoms with van der Waals surface area (Å²) in [6, 6.07) is 29.8. The maximum Gasteiger partial charge on any atom is 0.272 e. The maximum atomic E-state index is 13.1. The van der Waals surface area contributed by atoms with Crippen molar-refractivity contribution in [1.29, 1.82) is 0 Å². The highest BCUT2D eigenvalue weighted by Crippen LogP contribution is 2.36. The second-order valence-electron chi connectivity index (χ2n) is 24.8. The Morgan fingerprint density at radius 1 is 0.500 bits per heavy atom. The van der Waals surface area contributed by atoms with Gasteiger partial charge in [0.2, 0.25) is 11.8 Å². The minimum Gasteiger partial charge on any atom is -0.493 e. The molecule has 4 aromatic carbocycles. The molecule has 21 nitrogen and oxygen atoms in total. The van der Waals surface area contributed by atoms with E-state index < -0.39 is 0 Å². The molecule has 0 radical (unpaired) electrons. The van der Waals surface area contributed by atoms with Crippen molar-refractivity contribution in [2.24, 2.45) is 33.2 Å². The Hall–Kier alpha value is -10.6. The van der Waals surface area contributed by atoms with Crippen LogP contribution in [-0.2, 0) is 44.2 Å². The fourth-order valence-electron chi connectivity index (χ4n) is 12.8. The van der Waals surface area contributed by atoms with Gasteiger partial charge < -0.3 is 58.8 Å². The van der Waals surface area contributed by atoms with Crippen molar-refractivity contribution in [2.75, 3.05) is 47.6 Å². The smallest absolute Gasteiger partial charge is 0.272 e. The van der Waals surface area contributed by atoms with Gasteiger partial charge in [-0.2, -0.15) is 0 Å². The molecular formula is C73H79N11O10. The van der Waals surface area contributed by atoms with E-state index in [1.54, 1.807) is 69.9 Å². The lowest BCUT2D eigenvalue weighted by atomic mass is 9.99. The van der Waals surface area contributed by atoms with Gasteiger partial charge in [-0.1, -0.05) is 24.3 Å². The predicted molar refractivity (Wildman–Crippen MR) is 362 cm³/mol. The fourth-order valence-corrected chi connectivity index (χ4v) is 12.8. The first-order valence-electron chi connectivity index (χ1n) is 31.9. The molecule has 4 aromatic heterocycles. The summed E-state index contributed by atoms with van der Waals surface area (Å²) in [5, 5.41) is 11.5. The summed E-state index contributed by atoms with van der Waals surface area (Å²) in [6.07, 6.45) is 16.5. The van der Waals surface area contributed by atoms with Gasteiger partial charge >= 0.3 is 0 Å². The van der Waals surface area contributed by atoms with Crippen LogP contribution in [0.2, 0.25) is 0 Å². The summed E-state index contributed by atoms with van der Waals surface area (Å²) in [5.41, 5.74) is 12.9. The highest BCUT2D eigenvalue weighted by Gasteiger charge is 2.35. The molecule has 8 aromatic rings. The summed E-state index contributed by atoms with van der Waals surface area (Å²) in [6.45, 7) is 9.23. The number of nitrogens with one attached hydrogen (secondary N) is 4. The van der Waals surface area contributed by atoms with Crippen molar-refractivity contribution in [3.8, 4) is 33.8 Å². The number of aromatic nitrogens is 4. The third-order valence-electron chi connectivity index (χ3n) is 17.8. The Labute approximate surface area is 546 Å². The third-order valence-corrected chi connectivity index (χ3v) is 17.8. The van der Waals surface area contributed by atoms with Crippen molar-refractivity contribution in [2.45, 2.75) is 104 Å². The lowest BCUT2D eigenvalue weighted by Gasteiger charge is -2.22. The van der Waals surface area contributed by atoms with E-state index >= 15 is 0 Å². The topological polar surface area (TPSA) is 242 Å². The lowest BCUT2D eigenvalue weighted by molar-refractivity contribution is -0.117. The molecule has 486 valence electrons. The fraction of sp³-hybridized carbons (Fsp3) is 0.329. The van der Waals surface area contributed by atoms with Crippen LogP contribution in [0.1, 0.15) is 151 Å². The molecule has 2 atom stereocenters. The number of carbonyl (C=O) groups is 8. The van der Waals surface area contributed by atoms with Crippen molar-refractivity contribution in [3.05, 3.63) is 172 Å².